The summed E-state index contributed by atoms with van der Waals surface area (Å²) in [5, 5.41) is 4.44. The molecule has 1 aliphatic carbocycles. The van der Waals surface area contributed by atoms with Crippen molar-refractivity contribution in [2.45, 2.75) is 30.6 Å². The first-order valence-corrected chi connectivity index (χ1v) is 7.27. The molecule has 0 bridgehead atoms. The van der Waals surface area contributed by atoms with E-state index in [-0.39, 0.29) is 4.90 Å². The highest BCUT2D eigenvalue weighted by Crippen LogP contribution is 2.16. The van der Waals surface area contributed by atoms with Crippen LogP contribution in [0.3, 0.4) is 0 Å². The molecule has 2 rings (SSSR count). The summed E-state index contributed by atoms with van der Waals surface area (Å²) in [5.74, 6) is 0. The number of halogens is 1. The van der Waals surface area contributed by atoms with Gasteiger partial charge in [0.05, 0.1) is 4.90 Å². The molecule has 1 fully saturated rings. The van der Waals surface area contributed by atoms with E-state index >= 15 is 0 Å². The lowest BCUT2D eigenvalue weighted by molar-refractivity contribution is 0.584. The van der Waals surface area contributed by atoms with E-state index in [1.54, 1.807) is 12.1 Å². The number of hydrogen-bond donors (Lipinski definition) is 1. The fourth-order valence-corrected chi connectivity index (χ4v) is 2.66. The molecule has 0 unspecified atom stereocenters. The molecule has 1 aromatic carbocycles. The van der Waals surface area contributed by atoms with Gasteiger partial charge >= 0.3 is 0 Å². The first-order valence-electron chi connectivity index (χ1n) is 5.41. The van der Waals surface area contributed by atoms with Crippen molar-refractivity contribution in [2.75, 3.05) is 0 Å². The van der Waals surface area contributed by atoms with E-state index in [0.717, 1.165) is 31.4 Å². The number of benzene rings is 1. The Kier molecular flexibility index (Phi) is 3.69. The van der Waals surface area contributed by atoms with Crippen LogP contribution < -0.4 is 4.83 Å². The topological polar surface area (TPSA) is 58.5 Å². The molecule has 0 spiro atoms. The van der Waals surface area contributed by atoms with Crippen molar-refractivity contribution in [3.63, 3.8) is 0 Å². The first-order chi connectivity index (χ1) is 8.08. The van der Waals surface area contributed by atoms with Crippen LogP contribution in [0.25, 0.3) is 0 Å². The monoisotopic (exact) mass is 272 g/mol. The molecule has 0 atom stereocenters. The lowest BCUT2D eigenvalue weighted by Crippen LogP contribution is -2.19. The van der Waals surface area contributed by atoms with Crippen LogP contribution in [0.5, 0.6) is 0 Å². The number of nitrogens with one attached hydrogen (secondary N) is 1. The molecule has 1 saturated carbocycles. The van der Waals surface area contributed by atoms with Crippen molar-refractivity contribution in [1.82, 2.24) is 4.83 Å². The van der Waals surface area contributed by atoms with E-state index in [9.17, 15) is 8.42 Å². The predicted octanol–water partition coefficient (Wildman–Crippen LogP) is 2.55. The SMILES string of the molecule is O=S(=O)(NN=C1CCCC1)c1ccc(Cl)cc1. The van der Waals surface area contributed by atoms with Gasteiger partial charge in [-0.1, -0.05) is 11.6 Å². The van der Waals surface area contributed by atoms with Gasteiger partial charge in [0.2, 0.25) is 0 Å². The number of rotatable bonds is 3. The van der Waals surface area contributed by atoms with Crippen LogP contribution in [-0.2, 0) is 10.0 Å². The summed E-state index contributed by atoms with van der Waals surface area (Å²) in [4.78, 5) is 2.42. The third kappa shape index (κ3) is 3.20. The normalized spacial score (nSPS) is 15.9. The molecule has 0 heterocycles. The van der Waals surface area contributed by atoms with Gasteiger partial charge < -0.3 is 0 Å². The minimum atomic E-state index is -3.56. The van der Waals surface area contributed by atoms with Gasteiger partial charge in [0, 0.05) is 10.7 Å². The molecule has 1 aromatic rings. The first kappa shape index (κ1) is 12.4. The van der Waals surface area contributed by atoms with Crippen molar-refractivity contribution in [2.24, 2.45) is 5.10 Å². The zero-order valence-corrected chi connectivity index (χ0v) is 10.8. The summed E-state index contributed by atoms with van der Waals surface area (Å²) in [6, 6.07) is 6.00. The van der Waals surface area contributed by atoms with Crippen LogP contribution in [0.1, 0.15) is 25.7 Å². The predicted molar refractivity (Wildman–Crippen MR) is 67.7 cm³/mol. The van der Waals surface area contributed by atoms with E-state index in [2.05, 4.69) is 9.93 Å². The average Bonchev–Trinajstić information content (AvgIpc) is 2.80. The standard InChI is InChI=1S/C11H13ClN2O2S/c12-9-5-7-11(8-6-9)17(15,16)14-13-10-3-1-2-4-10/h5-8,14H,1-4H2. The van der Waals surface area contributed by atoms with Crippen LogP contribution in [0.2, 0.25) is 5.02 Å². The molecular formula is C11H13ClN2O2S. The average molecular weight is 273 g/mol. The van der Waals surface area contributed by atoms with Gasteiger partial charge in [0.25, 0.3) is 10.0 Å². The van der Waals surface area contributed by atoms with Gasteiger partial charge in [-0.25, -0.2) is 4.83 Å². The van der Waals surface area contributed by atoms with E-state index in [4.69, 9.17) is 11.6 Å². The molecule has 0 saturated heterocycles. The molecule has 1 N–H and O–H groups in total. The molecule has 17 heavy (non-hydrogen) atoms. The van der Waals surface area contributed by atoms with Crippen molar-refractivity contribution in [3.05, 3.63) is 29.3 Å². The van der Waals surface area contributed by atoms with Crippen LogP contribution >= 0.6 is 11.6 Å². The third-order valence-electron chi connectivity index (χ3n) is 2.63. The number of hydrogen-bond acceptors (Lipinski definition) is 3. The van der Waals surface area contributed by atoms with Gasteiger partial charge in [-0.15, -0.1) is 0 Å². The number of hydrazone groups is 1. The molecule has 0 aliphatic heterocycles. The van der Waals surface area contributed by atoms with E-state index < -0.39 is 10.0 Å². The van der Waals surface area contributed by atoms with Crippen molar-refractivity contribution in [3.8, 4) is 0 Å². The van der Waals surface area contributed by atoms with Gasteiger partial charge in [-0.3, -0.25) is 0 Å². The smallest absolute Gasteiger partial charge is 0.200 e. The lowest BCUT2D eigenvalue weighted by Gasteiger charge is -2.04. The summed E-state index contributed by atoms with van der Waals surface area (Å²) < 4.78 is 23.7. The van der Waals surface area contributed by atoms with Crippen molar-refractivity contribution < 1.29 is 8.42 Å². The van der Waals surface area contributed by atoms with E-state index in [1.165, 1.54) is 12.1 Å². The summed E-state index contributed by atoms with van der Waals surface area (Å²) in [6.45, 7) is 0. The summed E-state index contributed by atoms with van der Waals surface area (Å²) >= 11 is 5.70. The van der Waals surface area contributed by atoms with Gasteiger partial charge in [-0.2, -0.15) is 13.5 Å². The van der Waals surface area contributed by atoms with Crippen LogP contribution in [0, 0.1) is 0 Å². The Morgan fingerprint density at radius 1 is 1.12 bits per heavy atom. The number of sulfonamides is 1. The maximum Gasteiger partial charge on any atom is 0.276 e. The lowest BCUT2D eigenvalue weighted by atomic mass is 10.3. The number of nitrogens with zero attached hydrogens (tertiary/aromatic N) is 1. The quantitative estimate of drug-likeness (QED) is 0.860. The second-order valence-electron chi connectivity index (χ2n) is 3.93. The molecule has 4 nitrogen and oxygen atoms in total. The highest BCUT2D eigenvalue weighted by Gasteiger charge is 2.14. The Hall–Kier alpha value is -1.07. The second-order valence-corrected chi connectivity index (χ2v) is 6.03. The highest BCUT2D eigenvalue weighted by molar-refractivity contribution is 7.89. The van der Waals surface area contributed by atoms with Crippen LogP contribution in [0.4, 0.5) is 0 Å². The highest BCUT2D eigenvalue weighted by atomic mass is 35.5. The van der Waals surface area contributed by atoms with Crippen molar-refractivity contribution in [1.29, 1.82) is 0 Å². The van der Waals surface area contributed by atoms with E-state index in [1.807, 2.05) is 0 Å². The fraction of sp³-hybridized carbons (Fsp3) is 0.364. The zero-order valence-electron chi connectivity index (χ0n) is 9.19. The van der Waals surface area contributed by atoms with Gasteiger partial charge in [0.1, 0.15) is 0 Å². The van der Waals surface area contributed by atoms with Crippen LogP contribution in [0.15, 0.2) is 34.3 Å². The zero-order chi connectivity index (χ0) is 12.3. The Bertz CT molecular complexity index is 515. The third-order valence-corrected chi connectivity index (χ3v) is 4.10. The Morgan fingerprint density at radius 3 is 2.29 bits per heavy atom. The fourth-order valence-electron chi connectivity index (χ4n) is 1.69. The maximum atomic E-state index is 11.8. The summed E-state index contributed by atoms with van der Waals surface area (Å²) in [5.41, 5.74) is 0.919. The van der Waals surface area contributed by atoms with E-state index in [0.29, 0.717) is 5.02 Å². The van der Waals surface area contributed by atoms with Gasteiger partial charge in [0.15, 0.2) is 0 Å². The van der Waals surface area contributed by atoms with Crippen LogP contribution in [-0.4, -0.2) is 14.1 Å². The molecular weight excluding hydrogens is 260 g/mol. The van der Waals surface area contributed by atoms with Crippen molar-refractivity contribution >= 4 is 27.3 Å². The Labute approximate surface area is 106 Å². The minimum Gasteiger partial charge on any atom is -0.200 e. The van der Waals surface area contributed by atoms with Gasteiger partial charge in [-0.05, 0) is 49.9 Å². The molecule has 1 aliphatic rings. The minimum absolute atomic E-state index is 0.171. The maximum absolute atomic E-state index is 11.8. The Balaban J connectivity index is 2.13. The molecule has 0 radical (unpaired) electrons. The largest absolute Gasteiger partial charge is 0.276 e. The molecule has 0 amide bonds. The molecule has 0 aromatic heterocycles. The molecule has 92 valence electrons. The Morgan fingerprint density at radius 2 is 1.71 bits per heavy atom. The molecule has 6 heteroatoms. The summed E-state index contributed by atoms with van der Waals surface area (Å²) in [6.07, 6.45) is 3.93. The second kappa shape index (κ2) is 5.06. The summed E-state index contributed by atoms with van der Waals surface area (Å²) in [7, 11) is -3.56.